The lowest BCUT2D eigenvalue weighted by molar-refractivity contribution is 0.0996. The molecule has 0 radical (unpaired) electrons. The number of aryl methyl sites for hydroxylation is 2. The number of aromatic nitrogens is 3. The second-order valence-electron chi connectivity index (χ2n) is 7.66. The summed E-state index contributed by atoms with van der Waals surface area (Å²) in [7, 11) is 0. The van der Waals surface area contributed by atoms with Crippen molar-refractivity contribution >= 4 is 23.0 Å². The Morgan fingerprint density at radius 1 is 0.853 bits per heavy atom. The molecule has 1 aliphatic rings. The van der Waals surface area contributed by atoms with Crippen LogP contribution in [-0.4, -0.2) is 20.9 Å². The number of amides is 1. The number of carbonyl (C=O) groups is 1. The first-order chi connectivity index (χ1) is 16.5. The summed E-state index contributed by atoms with van der Waals surface area (Å²) in [5.41, 5.74) is 6.10. The highest BCUT2D eigenvalue weighted by atomic mass is 16.5. The molecule has 7 heteroatoms. The summed E-state index contributed by atoms with van der Waals surface area (Å²) in [5, 5.41) is 3.38. The molecule has 0 spiro atoms. The van der Waals surface area contributed by atoms with E-state index in [2.05, 4.69) is 20.3 Å². The number of fused-ring (bicyclic) bond motifs is 1. The lowest BCUT2D eigenvalue weighted by atomic mass is 10.1. The minimum atomic E-state index is -0.0356. The van der Waals surface area contributed by atoms with Gasteiger partial charge in [0.05, 0.1) is 18.4 Å². The standard InChI is InChI=1S/C25H21N5O2.C2H6/c1-16-11-20(7-9-26-16)29-19-3-5-23-18(13-19)15-30(25(23)31)21-4-6-24(28-14-21)32-22-8-10-27-17(2)12-22;1-2/h3-14H,15H2,1-2H3,(H,26,29);1-2H3. The summed E-state index contributed by atoms with van der Waals surface area (Å²) in [5.74, 6) is 1.10. The van der Waals surface area contributed by atoms with Gasteiger partial charge < -0.3 is 15.0 Å². The van der Waals surface area contributed by atoms with Crippen LogP contribution in [0.4, 0.5) is 17.1 Å². The van der Waals surface area contributed by atoms with Crippen molar-refractivity contribution in [1.82, 2.24) is 15.0 Å². The van der Waals surface area contributed by atoms with Gasteiger partial charge in [0.2, 0.25) is 5.88 Å². The van der Waals surface area contributed by atoms with Crippen molar-refractivity contribution in [3.8, 4) is 11.6 Å². The van der Waals surface area contributed by atoms with Gasteiger partial charge in [-0.1, -0.05) is 13.8 Å². The summed E-state index contributed by atoms with van der Waals surface area (Å²) in [4.78, 5) is 27.4. The first-order valence-corrected chi connectivity index (χ1v) is 11.3. The van der Waals surface area contributed by atoms with Crippen LogP contribution in [0.2, 0.25) is 0 Å². The molecule has 34 heavy (non-hydrogen) atoms. The van der Waals surface area contributed by atoms with E-state index in [9.17, 15) is 4.79 Å². The van der Waals surface area contributed by atoms with Crippen LogP contribution < -0.4 is 15.0 Å². The number of benzene rings is 1. The van der Waals surface area contributed by atoms with E-state index in [0.29, 0.717) is 23.7 Å². The Labute approximate surface area is 199 Å². The van der Waals surface area contributed by atoms with Gasteiger partial charge in [0, 0.05) is 52.9 Å². The third-order valence-electron chi connectivity index (χ3n) is 5.22. The van der Waals surface area contributed by atoms with Gasteiger partial charge in [-0.3, -0.25) is 14.8 Å². The van der Waals surface area contributed by atoms with E-state index >= 15 is 0 Å². The van der Waals surface area contributed by atoms with Crippen LogP contribution in [0.5, 0.6) is 11.6 Å². The van der Waals surface area contributed by atoms with E-state index in [0.717, 1.165) is 34.0 Å². The lowest BCUT2D eigenvalue weighted by Gasteiger charge is -2.15. The molecule has 5 rings (SSSR count). The number of nitrogens with zero attached hydrogens (tertiary/aromatic N) is 4. The van der Waals surface area contributed by atoms with E-state index in [-0.39, 0.29) is 5.91 Å². The minimum absolute atomic E-state index is 0.0356. The molecule has 0 saturated carbocycles. The molecule has 0 saturated heterocycles. The van der Waals surface area contributed by atoms with E-state index < -0.39 is 0 Å². The minimum Gasteiger partial charge on any atom is -0.439 e. The largest absolute Gasteiger partial charge is 0.439 e. The second kappa shape index (κ2) is 10.1. The van der Waals surface area contributed by atoms with Crippen LogP contribution in [0, 0.1) is 13.8 Å². The summed E-state index contributed by atoms with van der Waals surface area (Å²) < 4.78 is 5.78. The van der Waals surface area contributed by atoms with Crippen LogP contribution in [0.25, 0.3) is 0 Å². The molecule has 0 aliphatic carbocycles. The summed E-state index contributed by atoms with van der Waals surface area (Å²) in [6, 6.07) is 16.9. The second-order valence-corrected chi connectivity index (χ2v) is 7.66. The SMILES string of the molecule is CC.Cc1cc(Nc2ccc3c(c2)CN(c2ccc(Oc4ccnc(C)c4)nc2)C3=O)ccn1. The predicted molar refractivity (Wildman–Crippen MR) is 134 cm³/mol. The Bertz CT molecular complexity index is 1300. The van der Waals surface area contributed by atoms with Gasteiger partial charge in [-0.15, -0.1) is 0 Å². The molecule has 3 aromatic heterocycles. The molecule has 0 fully saturated rings. The van der Waals surface area contributed by atoms with Gasteiger partial charge in [-0.2, -0.15) is 0 Å². The molecule has 0 atom stereocenters. The smallest absolute Gasteiger partial charge is 0.258 e. The highest BCUT2D eigenvalue weighted by Gasteiger charge is 2.29. The topological polar surface area (TPSA) is 80.2 Å². The summed E-state index contributed by atoms with van der Waals surface area (Å²) in [6.45, 7) is 8.34. The van der Waals surface area contributed by atoms with Gasteiger partial charge >= 0.3 is 0 Å². The van der Waals surface area contributed by atoms with Crippen molar-refractivity contribution in [3.05, 3.63) is 95.7 Å². The van der Waals surface area contributed by atoms with Crippen LogP contribution in [0.15, 0.2) is 73.2 Å². The molecule has 0 bridgehead atoms. The normalized spacial score (nSPS) is 12.0. The van der Waals surface area contributed by atoms with Crippen molar-refractivity contribution in [2.75, 3.05) is 10.2 Å². The average molecular weight is 454 g/mol. The maximum Gasteiger partial charge on any atom is 0.258 e. The third kappa shape index (κ3) is 5.04. The monoisotopic (exact) mass is 453 g/mol. The molecule has 0 unspecified atom stereocenters. The average Bonchev–Trinajstić information content (AvgIpc) is 3.17. The van der Waals surface area contributed by atoms with E-state index in [1.807, 2.05) is 70.2 Å². The number of anilines is 3. The van der Waals surface area contributed by atoms with Crippen molar-refractivity contribution in [3.63, 3.8) is 0 Å². The summed E-state index contributed by atoms with van der Waals surface area (Å²) >= 11 is 0. The maximum absolute atomic E-state index is 13.0. The highest BCUT2D eigenvalue weighted by molar-refractivity contribution is 6.10. The Kier molecular flexibility index (Phi) is 6.82. The zero-order chi connectivity index (χ0) is 24.1. The van der Waals surface area contributed by atoms with E-state index in [1.165, 1.54) is 0 Å². The maximum atomic E-state index is 13.0. The Balaban J connectivity index is 0.00000133. The van der Waals surface area contributed by atoms with Crippen LogP contribution in [0.1, 0.15) is 41.2 Å². The van der Waals surface area contributed by atoms with Gasteiger partial charge in [-0.05, 0) is 61.9 Å². The molecule has 1 amide bonds. The van der Waals surface area contributed by atoms with Crippen molar-refractivity contribution in [2.24, 2.45) is 0 Å². The summed E-state index contributed by atoms with van der Waals surface area (Å²) in [6.07, 6.45) is 5.12. The molecular weight excluding hydrogens is 426 g/mol. The molecule has 4 aromatic rings. The first kappa shape index (κ1) is 22.9. The molecule has 4 heterocycles. The number of pyridine rings is 3. The predicted octanol–water partition coefficient (Wildman–Crippen LogP) is 6.21. The molecular formula is C27H27N5O2. The Morgan fingerprint density at radius 2 is 1.59 bits per heavy atom. The molecule has 1 aliphatic heterocycles. The fourth-order valence-corrected chi connectivity index (χ4v) is 3.69. The fourth-order valence-electron chi connectivity index (χ4n) is 3.69. The zero-order valence-corrected chi connectivity index (χ0v) is 19.7. The van der Waals surface area contributed by atoms with Gasteiger partial charge in [0.15, 0.2) is 0 Å². The van der Waals surface area contributed by atoms with Crippen molar-refractivity contribution in [1.29, 1.82) is 0 Å². The quantitative estimate of drug-likeness (QED) is 0.387. The molecule has 1 N–H and O–H groups in total. The Hall–Kier alpha value is -4.26. The fraction of sp³-hybridized carbons (Fsp3) is 0.185. The zero-order valence-electron chi connectivity index (χ0n) is 19.7. The number of nitrogens with one attached hydrogen (secondary N) is 1. The van der Waals surface area contributed by atoms with E-state index in [4.69, 9.17) is 4.74 Å². The molecule has 7 nitrogen and oxygen atoms in total. The number of rotatable bonds is 5. The van der Waals surface area contributed by atoms with Crippen LogP contribution >= 0.6 is 0 Å². The lowest BCUT2D eigenvalue weighted by Crippen LogP contribution is -2.23. The van der Waals surface area contributed by atoms with Gasteiger partial charge in [-0.25, -0.2) is 4.98 Å². The van der Waals surface area contributed by atoms with Crippen LogP contribution in [0.3, 0.4) is 0 Å². The number of carbonyl (C=O) groups excluding carboxylic acids is 1. The molecule has 172 valence electrons. The number of ether oxygens (including phenoxy) is 1. The van der Waals surface area contributed by atoms with Crippen LogP contribution in [-0.2, 0) is 6.54 Å². The number of hydrogen-bond donors (Lipinski definition) is 1. The van der Waals surface area contributed by atoms with Crippen molar-refractivity contribution < 1.29 is 9.53 Å². The van der Waals surface area contributed by atoms with Gasteiger partial charge in [0.25, 0.3) is 5.91 Å². The van der Waals surface area contributed by atoms with Crippen molar-refractivity contribution in [2.45, 2.75) is 34.2 Å². The Morgan fingerprint density at radius 3 is 2.29 bits per heavy atom. The highest BCUT2D eigenvalue weighted by Crippen LogP contribution is 2.31. The number of hydrogen-bond acceptors (Lipinski definition) is 6. The van der Waals surface area contributed by atoms with Gasteiger partial charge in [0.1, 0.15) is 5.75 Å². The first-order valence-electron chi connectivity index (χ1n) is 11.3. The third-order valence-corrected chi connectivity index (χ3v) is 5.22. The molecule has 1 aromatic carbocycles. The van der Waals surface area contributed by atoms with E-state index in [1.54, 1.807) is 35.6 Å².